The molecule has 2 rings (SSSR count). The lowest BCUT2D eigenvalue weighted by atomic mass is 10.3. The standard InChI is InChI=1S/C17H24N4OS/c1-3-15-12-20-16(23-15)13-21-17(18-2)19-10-7-11-22-14-8-5-4-6-9-14/h4-6,8-9,12H,3,7,10-11,13H2,1-2H3,(H2,18,19,21). The summed E-state index contributed by atoms with van der Waals surface area (Å²) < 4.78 is 5.66. The molecule has 0 saturated carbocycles. The Kier molecular flexibility index (Phi) is 7.39. The molecule has 2 aromatic rings. The van der Waals surface area contributed by atoms with E-state index < -0.39 is 0 Å². The number of guanidine groups is 1. The van der Waals surface area contributed by atoms with Crippen molar-refractivity contribution in [3.63, 3.8) is 0 Å². The Morgan fingerprint density at radius 1 is 1.26 bits per heavy atom. The normalized spacial score (nSPS) is 11.3. The first-order valence-corrected chi connectivity index (χ1v) is 8.69. The van der Waals surface area contributed by atoms with Crippen LogP contribution in [0.5, 0.6) is 5.75 Å². The molecule has 1 aromatic carbocycles. The lowest BCUT2D eigenvalue weighted by Crippen LogP contribution is -2.37. The van der Waals surface area contributed by atoms with Crippen LogP contribution in [0.4, 0.5) is 0 Å². The van der Waals surface area contributed by atoms with Crippen LogP contribution >= 0.6 is 11.3 Å². The maximum atomic E-state index is 5.66. The maximum absolute atomic E-state index is 5.66. The van der Waals surface area contributed by atoms with Crippen molar-refractivity contribution >= 4 is 17.3 Å². The molecule has 0 aliphatic carbocycles. The summed E-state index contributed by atoms with van der Waals surface area (Å²) in [7, 11) is 1.77. The summed E-state index contributed by atoms with van der Waals surface area (Å²) >= 11 is 1.74. The molecule has 0 aliphatic rings. The zero-order valence-corrected chi connectivity index (χ0v) is 14.5. The van der Waals surface area contributed by atoms with Crippen LogP contribution in [0.3, 0.4) is 0 Å². The van der Waals surface area contributed by atoms with E-state index >= 15 is 0 Å². The summed E-state index contributed by atoms with van der Waals surface area (Å²) in [6.45, 7) is 4.33. The van der Waals surface area contributed by atoms with E-state index in [1.165, 1.54) is 4.88 Å². The Morgan fingerprint density at radius 3 is 2.78 bits per heavy atom. The van der Waals surface area contributed by atoms with Crippen molar-refractivity contribution in [3.05, 3.63) is 46.4 Å². The highest BCUT2D eigenvalue weighted by Crippen LogP contribution is 2.12. The van der Waals surface area contributed by atoms with Crippen molar-refractivity contribution < 1.29 is 4.74 Å². The third-order valence-electron chi connectivity index (χ3n) is 3.21. The van der Waals surface area contributed by atoms with E-state index in [0.29, 0.717) is 13.2 Å². The molecule has 0 saturated heterocycles. The molecule has 0 atom stereocenters. The molecule has 23 heavy (non-hydrogen) atoms. The Balaban J connectivity index is 1.61. The summed E-state index contributed by atoms with van der Waals surface area (Å²) in [4.78, 5) is 9.91. The number of aryl methyl sites for hydroxylation is 1. The van der Waals surface area contributed by atoms with Crippen molar-refractivity contribution in [2.24, 2.45) is 4.99 Å². The summed E-state index contributed by atoms with van der Waals surface area (Å²) in [5, 5.41) is 7.64. The quantitative estimate of drug-likeness (QED) is 0.443. The second kappa shape index (κ2) is 9.84. The molecule has 0 unspecified atom stereocenters. The van der Waals surface area contributed by atoms with Crippen molar-refractivity contribution in [1.82, 2.24) is 15.6 Å². The molecule has 5 nitrogen and oxygen atoms in total. The Labute approximate surface area is 141 Å². The molecule has 0 bridgehead atoms. The molecular formula is C17H24N4OS. The van der Waals surface area contributed by atoms with Gasteiger partial charge in [-0.15, -0.1) is 11.3 Å². The van der Waals surface area contributed by atoms with E-state index in [2.05, 4.69) is 27.5 Å². The number of hydrogen-bond acceptors (Lipinski definition) is 4. The molecule has 0 radical (unpaired) electrons. The van der Waals surface area contributed by atoms with E-state index in [9.17, 15) is 0 Å². The third kappa shape index (κ3) is 6.28. The van der Waals surface area contributed by atoms with Gasteiger partial charge in [0.2, 0.25) is 0 Å². The highest BCUT2D eigenvalue weighted by molar-refractivity contribution is 7.11. The van der Waals surface area contributed by atoms with Gasteiger partial charge in [0.15, 0.2) is 5.96 Å². The Hall–Kier alpha value is -2.08. The molecule has 6 heteroatoms. The largest absolute Gasteiger partial charge is 0.494 e. The summed E-state index contributed by atoms with van der Waals surface area (Å²) in [5.41, 5.74) is 0. The smallest absolute Gasteiger partial charge is 0.191 e. The molecule has 124 valence electrons. The predicted molar refractivity (Wildman–Crippen MR) is 96.2 cm³/mol. The Bertz CT molecular complexity index is 598. The van der Waals surface area contributed by atoms with Crippen LogP contribution < -0.4 is 15.4 Å². The second-order valence-corrected chi connectivity index (χ2v) is 6.14. The molecular weight excluding hydrogens is 308 g/mol. The lowest BCUT2D eigenvalue weighted by molar-refractivity contribution is 0.311. The van der Waals surface area contributed by atoms with E-state index in [0.717, 1.165) is 36.1 Å². The minimum absolute atomic E-state index is 0.681. The van der Waals surface area contributed by atoms with Gasteiger partial charge in [-0.05, 0) is 25.0 Å². The minimum atomic E-state index is 0.681. The highest BCUT2D eigenvalue weighted by atomic mass is 32.1. The van der Waals surface area contributed by atoms with Crippen LogP contribution in [0, 0.1) is 0 Å². The lowest BCUT2D eigenvalue weighted by Gasteiger charge is -2.11. The number of benzene rings is 1. The van der Waals surface area contributed by atoms with Gasteiger partial charge in [-0.1, -0.05) is 25.1 Å². The zero-order chi connectivity index (χ0) is 16.3. The molecule has 1 heterocycles. The molecule has 1 aromatic heterocycles. The van der Waals surface area contributed by atoms with Crippen LogP contribution in [0.15, 0.2) is 41.5 Å². The predicted octanol–water partition coefficient (Wildman–Crippen LogP) is 2.84. The Morgan fingerprint density at radius 2 is 2.09 bits per heavy atom. The van der Waals surface area contributed by atoms with E-state index in [4.69, 9.17) is 4.74 Å². The average Bonchev–Trinajstić information content (AvgIpc) is 3.06. The number of hydrogen-bond donors (Lipinski definition) is 2. The van der Waals surface area contributed by atoms with Gasteiger partial charge in [-0.3, -0.25) is 4.99 Å². The first-order chi connectivity index (χ1) is 11.3. The summed E-state index contributed by atoms with van der Waals surface area (Å²) in [6, 6.07) is 9.86. The van der Waals surface area contributed by atoms with Gasteiger partial charge in [-0.25, -0.2) is 4.98 Å². The number of thiazole rings is 1. The van der Waals surface area contributed by atoms with Gasteiger partial charge < -0.3 is 15.4 Å². The third-order valence-corrected chi connectivity index (χ3v) is 4.35. The first kappa shape index (κ1) is 17.3. The maximum Gasteiger partial charge on any atom is 0.191 e. The van der Waals surface area contributed by atoms with Gasteiger partial charge in [-0.2, -0.15) is 0 Å². The topological polar surface area (TPSA) is 58.5 Å². The van der Waals surface area contributed by atoms with Crippen LogP contribution in [0.25, 0.3) is 0 Å². The number of nitrogens with one attached hydrogen (secondary N) is 2. The fraction of sp³-hybridized carbons (Fsp3) is 0.412. The number of ether oxygens (including phenoxy) is 1. The van der Waals surface area contributed by atoms with Gasteiger partial charge in [0.05, 0.1) is 13.2 Å². The van der Waals surface area contributed by atoms with Crippen LogP contribution in [-0.2, 0) is 13.0 Å². The van der Waals surface area contributed by atoms with Crippen molar-refractivity contribution in [2.45, 2.75) is 26.3 Å². The van der Waals surface area contributed by atoms with Crippen LogP contribution in [0.1, 0.15) is 23.2 Å². The fourth-order valence-corrected chi connectivity index (χ4v) is 2.76. The zero-order valence-electron chi connectivity index (χ0n) is 13.7. The van der Waals surface area contributed by atoms with Crippen molar-refractivity contribution in [1.29, 1.82) is 0 Å². The summed E-state index contributed by atoms with van der Waals surface area (Å²) in [5.74, 6) is 1.70. The van der Waals surface area contributed by atoms with Crippen LogP contribution in [-0.4, -0.2) is 31.1 Å². The molecule has 2 N–H and O–H groups in total. The van der Waals surface area contributed by atoms with E-state index in [-0.39, 0.29) is 0 Å². The minimum Gasteiger partial charge on any atom is -0.494 e. The molecule has 0 spiro atoms. The monoisotopic (exact) mass is 332 g/mol. The number of para-hydroxylation sites is 1. The van der Waals surface area contributed by atoms with Gasteiger partial charge in [0, 0.05) is 24.7 Å². The van der Waals surface area contributed by atoms with Crippen molar-refractivity contribution in [3.8, 4) is 5.75 Å². The number of rotatable bonds is 8. The number of aliphatic imine (C=N–C) groups is 1. The number of aromatic nitrogens is 1. The second-order valence-electron chi connectivity index (χ2n) is 4.94. The SMILES string of the molecule is CCc1cnc(CNC(=NC)NCCCOc2ccccc2)s1. The molecule has 0 fully saturated rings. The highest BCUT2D eigenvalue weighted by Gasteiger charge is 2.02. The molecule has 0 amide bonds. The molecule has 0 aliphatic heterocycles. The van der Waals surface area contributed by atoms with Gasteiger partial charge in [0.1, 0.15) is 10.8 Å². The van der Waals surface area contributed by atoms with Gasteiger partial charge >= 0.3 is 0 Å². The van der Waals surface area contributed by atoms with Crippen LogP contribution in [0.2, 0.25) is 0 Å². The van der Waals surface area contributed by atoms with Crippen molar-refractivity contribution in [2.75, 3.05) is 20.2 Å². The fourth-order valence-electron chi connectivity index (χ4n) is 1.96. The number of nitrogens with zero attached hydrogens (tertiary/aromatic N) is 2. The first-order valence-electron chi connectivity index (χ1n) is 7.87. The average molecular weight is 332 g/mol. The summed E-state index contributed by atoms with van der Waals surface area (Å²) in [6.07, 6.45) is 3.89. The van der Waals surface area contributed by atoms with Gasteiger partial charge in [0.25, 0.3) is 0 Å². The van der Waals surface area contributed by atoms with E-state index in [1.54, 1.807) is 18.4 Å². The van der Waals surface area contributed by atoms with E-state index in [1.807, 2.05) is 36.5 Å².